The Morgan fingerprint density at radius 1 is 1.44 bits per heavy atom. The molecule has 0 saturated heterocycles. The second kappa shape index (κ2) is 6.55. The summed E-state index contributed by atoms with van der Waals surface area (Å²) in [4.78, 5) is 0. The molecule has 0 aromatic heterocycles. The summed E-state index contributed by atoms with van der Waals surface area (Å²) in [6, 6.07) is 3.48. The first-order valence-electron chi connectivity index (χ1n) is 4.98. The summed E-state index contributed by atoms with van der Waals surface area (Å²) in [5, 5.41) is 0.429. The highest BCUT2D eigenvalue weighted by Crippen LogP contribution is 2.36. The molecule has 0 unspecified atom stereocenters. The van der Waals surface area contributed by atoms with Gasteiger partial charge in [0.1, 0.15) is 0 Å². The van der Waals surface area contributed by atoms with Crippen LogP contribution >= 0.6 is 11.6 Å². The second-order valence-corrected chi connectivity index (χ2v) is 3.61. The van der Waals surface area contributed by atoms with E-state index >= 15 is 0 Å². The number of halogens is 2. The number of ether oxygens (including phenoxy) is 2. The molecule has 0 aliphatic carbocycles. The third-order valence-corrected chi connectivity index (χ3v) is 2.33. The number of hydrogen-bond donors (Lipinski definition) is 1. The van der Waals surface area contributed by atoms with Crippen molar-refractivity contribution in [1.82, 2.24) is 0 Å². The summed E-state index contributed by atoms with van der Waals surface area (Å²) < 4.78 is 22.4. The fraction of sp³-hybridized carbons (Fsp3) is 0.455. The van der Waals surface area contributed by atoms with Crippen molar-refractivity contribution in [2.75, 3.05) is 20.4 Å². The molecule has 0 aliphatic heterocycles. The first-order chi connectivity index (χ1) is 7.72. The van der Waals surface area contributed by atoms with E-state index in [0.29, 0.717) is 29.5 Å². The van der Waals surface area contributed by atoms with Crippen LogP contribution in [-0.2, 0) is 6.54 Å². The zero-order chi connectivity index (χ0) is 12.0. The van der Waals surface area contributed by atoms with Crippen molar-refractivity contribution < 1.29 is 13.9 Å². The molecule has 0 atom stereocenters. The molecule has 90 valence electrons. The molecule has 0 amide bonds. The summed E-state index contributed by atoms with van der Waals surface area (Å²) in [6.07, 6.45) is 0.331. The summed E-state index contributed by atoms with van der Waals surface area (Å²) in [5.74, 6) is 0.960. The van der Waals surface area contributed by atoms with Crippen LogP contribution < -0.4 is 15.2 Å². The highest BCUT2D eigenvalue weighted by atomic mass is 35.5. The van der Waals surface area contributed by atoms with Gasteiger partial charge < -0.3 is 15.2 Å². The second-order valence-electron chi connectivity index (χ2n) is 3.20. The molecule has 0 saturated carbocycles. The lowest BCUT2D eigenvalue weighted by Crippen LogP contribution is -2.03. The maximum absolute atomic E-state index is 11.9. The van der Waals surface area contributed by atoms with Gasteiger partial charge >= 0.3 is 0 Å². The molecular formula is C11H15ClFNO2. The van der Waals surface area contributed by atoms with Gasteiger partial charge in [0.15, 0.2) is 11.5 Å². The molecule has 0 heterocycles. The topological polar surface area (TPSA) is 44.5 Å². The largest absolute Gasteiger partial charge is 0.493 e. The van der Waals surface area contributed by atoms with E-state index in [9.17, 15) is 4.39 Å². The van der Waals surface area contributed by atoms with E-state index in [1.54, 1.807) is 12.1 Å². The van der Waals surface area contributed by atoms with E-state index in [4.69, 9.17) is 26.8 Å². The van der Waals surface area contributed by atoms with Crippen LogP contribution in [-0.4, -0.2) is 20.4 Å². The smallest absolute Gasteiger partial charge is 0.179 e. The number of rotatable bonds is 6. The minimum absolute atomic E-state index is 0.272. The molecule has 3 nitrogen and oxygen atoms in total. The van der Waals surface area contributed by atoms with Crippen molar-refractivity contribution in [3.63, 3.8) is 0 Å². The monoisotopic (exact) mass is 247 g/mol. The van der Waals surface area contributed by atoms with Crippen LogP contribution in [0.5, 0.6) is 11.5 Å². The van der Waals surface area contributed by atoms with Gasteiger partial charge in [0.05, 0.1) is 25.4 Å². The molecule has 5 heteroatoms. The predicted molar refractivity (Wildman–Crippen MR) is 62.0 cm³/mol. The van der Waals surface area contributed by atoms with Gasteiger partial charge in [-0.05, 0) is 17.7 Å². The minimum Gasteiger partial charge on any atom is -0.493 e. The molecule has 0 spiro atoms. The zero-order valence-electron chi connectivity index (χ0n) is 9.13. The molecule has 0 radical (unpaired) electrons. The van der Waals surface area contributed by atoms with Gasteiger partial charge in [-0.1, -0.05) is 11.6 Å². The van der Waals surface area contributed by atoms with Gasteiger partial charge in [-0.15, -0.1) is 0 Å². The standard InChI is InChI=1S/C11H15ClFNO2/c1-15-10-6-8(7-14)5-9(12)11(10)16-4-2-3-13/h5-6H,2-4,7,14H2,1H3. The molecule has 0 bridgehead atoms. The van der Waals surface area contributed by atoms with Gasteiger partial charge in [0.25, 0.3) is 0 Å². The molecule has 0 aliphatic rings. The van der Waals surface area contributed by atoms with Gasteiger partial charge in [0.2, 0.25) is 0 Å². The van der Waals surface area contributed by atoms with Crippen LogP contribution in [0.25, 0.3) is 0 Å². The van der Waals surface area contributed by atoms with E-state index in [-0.39, 0.29) is 6.61 Å². The van der Waals surface area contributed by atoms with E-state index in [1.807, 2.05) is 0 Å². The third kappa shape index (κ3) is 3.25. The molecule has 0 fully saturated rings. The van der Waals surface area contributed by atoms with E-state index in [0.717, 1.165) is 5.56 Å². The molecule has 1 aromatic rings. The Morgan fingerprint density at radius 3 is 2.75 bits per heavy atom. The molecule has 1 rings (SSSR count). The van der Waals surface area contributed by atoms with Crippen LogP contribution in [0.2, 0.25) is 5.02 Å². The summed E-state index contributed by atoms with van der Waals surface area (Å²) >= 11 is 6.02. The highest BCUT2D eigenvalue weighted by Gasteiger charge is 2.11. The van der Waals surface area contributed by atoms with E-state index in [2.05, 4.69) is 0 Å². The summed E-state index contributed by atoms with van der Waals surface area (Å²) in [6.45, 7) is 0.232. The lowest BCUT2D eigenvalue weighted by molar-refractivity contribution is 0.274. The van der Waals surface area contributed by atoms with Crippen molar-refractivity contribution in [2.24, 2.45) is 5.73 Å². The predicted octanol–water partition coefficient (Wildman–Crippen LogP) is 2.55. The maximum Gasteiger partial charge on any atom is 0.179 e. The first kappa shape index (κ1) is 13.1. The first-order valence-corrected chi connectivity index (χ1v) is 5.36. The number of methoxy groups -OCH3 is 1. The van der Waals surface area contributed by atoms with E-state index in [1.165, 1.54) is 7.11 Å². The van der Waals surface area contributed by atoms with Gasteiger partial charge in [-0.25, -0.2) is 0 Å². The Bertz CT molecular complexity index is 347. The van der Waals surface area contributed by atoms with Gasteiger partial charge in [0, 0.05) is 13.0 Å². The number of benzene rings is 1. The minimum atomic E-state index is -0.416. The van der Waals surface area contributed by atoms with E-state index < -0.39 is 6.67 Å². The quantitative estimate of drug-likeness (QED) is 0.786. The Morgan fingerprint density at radius 2 is 2.19 bits per heavy atom. The van der Waals surface area contributed by atoms with Crippen LogP contribution in [0.4, 0.5) is 4.39 Å². The number of alkyl halides is 1. The van der Waals surface area contributed by atoms with Crippen LogP contribution in [0.1, 0.15) is 12.0 Å². The third-order valence-electron chi connectivity index (χ3n) is 2.05. The SMILES string of the molecule is COc1cc(CN)cc(Cl)c1OCCCF. The van der Waals surface area contributed by atoms with Crippen molar-refractivity contribution >= 4 is 11.6 Å². The Labute approximate surface area is 99.3 Å². The summed E-state index contributed by atoms with van der Waals surface area (Å²) in [5.41, 5.74) is 6.37. The van der Waals surface area contributed by atoms with Crippen molar-refractivity contribution in [1.29, 1.82) is 0 Å². The molecular weight excluding hydrogens is 233 g/mol. The van der Waals surface area contributed by atoms with Crippen molar-refractivity contribution in [3.05, 3.63) is 22.7 Å². The van der Waals surface area contributed by atoms with Crippen LogP contribution in [0.3, 0.4) is 0 Å². The molecule has 2 N–H and O–H groups in total. The number of hydrogen-bond acceptors (Lipinski definition) is 3. The Hall–Kier alpha value is -1.00. The van der Waals surface area contributed by atoms with Gasteiger partial charge in [-0.3, -0.25) is 4.39 Å². The Kier molecular flexibility index (Phi) is 5.35. The Balaban J connectivity index is 2.88. The average Bonchev–Trinajstić information content (AvgIpc) is 2.30. The highest BCUT2D eigenvalue weighted by molar-refractivity contribution is 6.32. The normalized spacial score (nSPS) is 10.2. The fourth-order valence-electron chi connectivity index (χ4n) is 1.26. The van der Waals surface area contributed by atoms with Crippen LogP contribution in [0.15, 0.2) is 12.1 Å². The van der Waals surface area contributed by atoms with Crippen LogP contribution in [0, 0.1) is 0 Å². The molecule has 16 heavy (non-hydrogen) atoms. The van der Waals surface area contributed by atoms with Crippen molar-refractivity contribution in [2.45, 2.75) is 13.0 Å². The van der Waals surface area contributed by atoms with Crippen molar-refractivity contribution in [3.8, 4) is 11.5 Å². The summed E-state index contributed by atoms with van der Waals surface area (Å²) in [7, 11) is 1.52. The lowest BCUT2D eigenvalue weighted by Gasteiger charge is -2.13. The zero-order valence-corrected chi connectivity index (χ0v) is 9.89. The fourth-order valence-corrected chi connectivity index (χ4v) is 1.55. The lowest BCUT2D eigenvalue weighted by atomic mass is 10.2. The maximum atomic E-state index is 11.9. The average molecular weight is 248 g/mol. The number of nitrogens with two attached hydrogens (primary N) is 1. The van der Waals surface area contributed by atoms with Gasteiger partial charge in [-0.2, -0.15) is 0 Å². The molecule has 1 aromatic carbocycles.